The van der Waals surface area contributed by atoms with Gasteiger partial charge in [0, 0.05) is 5.69 Å². The first-order valence-corrected chi connectivity index (χ1v) is 7.92. The number of carbonyl (C=O) groups excluding carboxylic acids is 2. The van der Waals surface area contributed by atoms with Crippen LogP contribution in [0.2, 0.25) is 0 Å². The average molecular weight is 362 g/mol. The monoisotopic (exact) mass is 362 g/mol. The van der Waals surface area contributed by atoms with E-state index in [1.165, 1.54) is 24.0 Å². The van der Waals surface area contributed by atoms with E-state index in [0.29, 0.717) is 16.9 Å². The van der Waals surface area contributed by atoms with E-state index in [-0.39, 0.29) is 5.56 Å². The number of nitrogens with one attached hydrogen (secondary N) is 1. The zero-order valence-electron chi connectivity index (χ0n) is 14.2. The predicted molar refractivity (Wildman–Crippen MR) is 93.8 cm³/mol. The van der Waals surface area contributed by atoms with E-state index in [9.17, 15) is 9.59 Å². The summed E-state index contributed by atoms with van der Waals surface area (Å²) in [5.41, 5.74) is 1.70. The van der Waals surface area contributed by atoms with Crippen molar-refractivity contribution in [2.45, 2.75) is 13.0 Å². The number of ether oxygens (including phenoxy) is 1. The number of tetrazole rings is 1. The molecular weight excluding hydrogens is 348 g/mol. The Morgan fingerprint density at radius 3 is 2.78 bits per heavy atom. The molecule has 0 radical (unpaired) electrons. The van der Waals surface area contributed by atoms with Gasteiger partial charge in [-0.05, 0) is 53.7 Å². The second-order valence-corrected chi connectivity index (χ2v) is 5.53. The smallest absolute Gasteiger partial charge is 0.338 e. The molecule has 9 nitrogen and oxygen atoms in total. The third-order valence-corrected chi connectivity index (χ3v) is 3.61. The highest BCUT2D eigenvalue weighted by molar-refractivity contribution is 5.97. The lowest BCUT2D eigenvalue weighted by atomic mass is 10.2. The lowest BCUT2D eigenvalue weighted by Gasteiger charge is -2.14. The number of rotatable bonds is 5. The lowest BCUT2D eigenvalue weighted by molar-refractivity contribution is -0.123. The highest BCUT2D eigenvalue weighted by Crippen LogP contribution is 2.13. The first-order chi connectivity index (χ1) is 13.1. The van der Waals surface area contributed by atoms with Gasteiger partial charge in [-0.1, -0.05) is 12.1 Å². The summed E-state index contributed by atoms with van der Waals surface area (Å²) in [6.07, 6.45) is 0.371. The van der Waals surface area contributed by atoms with Crippen molar-refractivity contribution in [3.8, 4) is 11.8 Å². The molecule has 3 rings (SSSR count). The van der Waals surface area contributed by atoms with Crippen molar-refractivity contribution in [1.29, 1.82) is 5.26 Å². The summed E-state index contributed by atoms with van der Waals surface area (Å²) in [6, 6.07) is 14.9. The lowest BCUT2D eigenvalue weighted by Crippen LogP contribution is -2.30. The largest absolute Gasteiger partial charge is 0.449 e. The molecule has 134 valence electrons. The summed E-state index contributed by atoms with van der Waals surface area (Å²) in [4.78, 5) is 24.6. The van der Waals surface area contributed by atoms with E-state index in [2.05, 4.69) is 20.8 Å². The number of aromatic nitrogens is 4. The Bertz CT molecular complexity index is 1010. The highest BCUT2D eigenvalue weighted by Gasteiger charge is 2.19. The second kappa shape index (κ2) is 7.88. The molecular formula is C18H14N6O3. The molecule has 2 aromatic carbocycles. The van der Waals surface area contributed by atoms with Crippen LogP contribution in [0.15, 0.2) is 54.9 Å². The second-order valence-electron chi connectivity index (χ2n) is 5.53. The molecule has 9 heteroatoms. The van der Waals surface area contributed by atoms with Crippen molar-refractivity contribution >= 4 is 17.6 Å². The standard InChI is InChI=1S/C18H14N6O3/c1-12(17(25)21-15-6-2-4-13(8-15)10-19)27-18(26)14-5-3-7-16(9-14)24-11-20-22-23-24/h2-9,11-12H,1H3,(H,21,25). The van der Waals surface area contributed by atoms with Crippen LogP contribution in [0, 0.1) is 11.3 Å². The van der Waals surface area contributed by atoms with Crippen molar-refractivity contribution in [1.82, 2.24) is 20.2 Å². The Balaban J connectivity index is 1.66. The minimum atomic E-state index is -1.03. The van der Waals surface area contributed by atoms with Gasteiger partial charge >= 0.3 is 5.97 Å². The maximum Gasteiger partial charge on any atom is 0.338 e. The van der Waals surface area contributed by atoms with Gasteiger partial charge in [-0.15, -0.1) is 5.10 Å². The molecule has 1 atom stereocenters. The number of nitrogens with zero attached hydrogens (tertiary/aromatic N) is 5. The fourth-order valence-electron chi connectivity index (χ4n) is 2.25. The van der Waals surface area contributed by atoms with Crippen molar-refractivity contribution in [3.63, 3.8) is 0 Å². The van der Waals surface area contributed by atoms with Gasteiger partial charge in [-0.3, -0.25) is 4.79 Å². The summed E-state index contributed by atoms with van der Waals surface area (Å²) in [5.74, 6) is -1.16. The number of anilines is 1. The van der Waals surface area contributed by atoms with Crippen LogP contribution in [0.1, 0.15) is 22.8 Å². The van der Waals surface area contributed by atoms with E-state index in [0.717, 1.165) is 0 Å². The van der Waals surface area contributed by atoms with Crippen LogP contribution in [-0.4, -0.2) is 38.2 Å². The van der Waals surface area contributed by atoms with Crippen molar-refractivity contribution in [3.05, 3.63) is 66.0 Å². The molecule has 0 saturated carbocycles. The molecule has 1 N–H and O–H groups in total. The fourth-order valence-corrected chi connectivity index (χ4v) is 2.25. The van der Waals surface area contributed by atoms with E-state index >= 15 is 0 Å². The molecule has 0 spiro atoms. The molecule has 1 aromatic heterocycles. The number of esters is 1. The van der Waals surface area contributed by atoms with Crippen molar-refractivity contribution in [2.75, 3.05) is 5.32 Å². The Kier molecular flexibility index (Phi) is 5.18. The summed E-state index contributed by atoms with van der Waals surface area (Å²) < 4.78 is 6.62. The number of nitriles is 1. The minimum Gasteiger partial charge on any atom is -0.449 e. The zero-order valence-corrected chi connectivity index (χ0v) is 14.2. The normalized spacial score (nSPS) is 11.3. The summed E-state index contributed by atoms with van der Waals surface area (Å²) >= 11 is 0. The van der Waals surface area contributed by atoms with Crippen LogP contribution in [-0.2, 0) is 9.53 Å². The molecule has 0 bridgehead atoms. The summed E-state index contributed by atoms with van der Waals surface area (Å²) in [5, 5.41) is 22.3. The van der Waals surface area contributed by atoms with Gasteiger partial charge < -0.3 is 10.1 Å². The Hall–Kier alpha value is -4.06. The van der Waals surface area contributed by atoms with Crippen LogP contribution in [0.5, 0.6) is 0 Å². The number of hydrogen-bond donors (Lipinski definition) is 1. The number of amides is 1. The van der Waals surface area contributed by atoms with Crippen LogP contribution < -0.4 is 5.32 Å². The molecule has 1 heterocycles. The number of hydrogen-bond acceptors (Lipinski definition) is 7. The van der Waals surface area contributed by atoms with Gasteiger partial charge in [0.05, 0.1) is 22.9 Å². The molecule has 0 fully saturated rings. The third-order valence-electron chi connectivity index (χ3n) is 3.61. The SMILES string of the molecule is CC(OC(=O)c1cccc(-n2cnnn2)c1)C(=O)Nc1cccc(C#N)c1. The summed E-state index contributed by atoms with van der Waals surface area (Å²) in [7, 11) is 0. The van der Waals surface area contributed by atoms with Crippen molar-refractivity contribution in [2.24, 2.45) is 0 Å². The topological polar surface area (TPSA) is 123 Å². The molecule has 1 unspecified atom stereocenters. The van der Waals surface area contributed by atoms with E-state index in [1.807, 2.05) is 6.07 Å². The third kappa shape index (κ3) is 4.32. The molecule has 1 amide bonds. The highest BCUT2D eigenvalue weighted by atomic mass is 16.5. The molecule has 0 aliphatic rings. The van der Waals surface area contributed by atoms with Crippen LogP contribution >= 0.6 is 0 Å². The Labute approximate surface area is 154 Å². The van der Waals surface area contributed by atoms with Crippen LogP contribution in [0.3, 0.4) is 0 Å². The first-order valence-electron chi connectivity index (χ1n) is 7.92. The van der Waals surface area contributed by atoms with Crippen LogP contribution in [0.4, 0.5) is 5.69 Å². The molecule has 3 aromatic rings. The molecule has 0 aliphatic heterocycles. The van der Waals surface area contributed by atoms with Crippen molar-refractivity contribution < 1.29 is 14.3 Å². The van der Waals surface area contributed by atoms with E-state index < -0.39 is 18.0 Å². The van der Waals surface area contributed by atoms with Gasteiger partial charge in [0.1, 0.15) is 6.33 Å². The average Bonchev–Trinajstić information content (AvgIpc) is 3.23. The Morgan fingerprint density at radius 2 is 2.04 bits per heavy atom. The van der Waals surface area contributed by atoms with E-state index in [4.69, 9.17) is 10.00 Å². The number of carbonyl (C=O) groups is 2. The van der Waals surface area contributed by atoms with Gasteiger partial charge in [0.2, 0.25) is 0 Å². The van der Waals surface area contributed by atoms with Gasteiger partial charge in [0.15, 0.2) is 6.10 Å². The molecule has 27 heavy (non-hydrogen) atoms. The molecule has 0 saturated heterocycles. The van der Waals surface area contributed by atoms with Gasteiger partial charge in [-0.25, -0.2) is 9.48 Å². The van der Waals surface area contributed by atoms with Gasteiger partial charge in [0.25, 0.3) is 5.91 Å². The summed E-state index contributed by atoms with van der Waals surface area (Å²) in [6.45, 7) is 1.46. The first kappa shape index (κ1) is 17.8. The maximum atomic E-state index is 12.3. The molecule has 0 aliphatic carbocycles. The minimum absolute atomic E-state index is 0.258. The zero-order chi connectivity index (χ0) is 19.2. The maximum absolute atomic E-state index is 12.3. The van der Waals surface area contributed by atoms with Crippen LogP contribution in [0.25, 0.3) is 5.69 Å². The van der Waals surface area contributed by atoms with Gasteiger partial charge in [-0.2, -0.15) is 5.26 Å². The predicted octanol–water partition coefficient (Wildman–Crippen LogP) is 1.72. The number of benzene rings is 2. The van der Waals surface area contributed by atoms with E-state index in [1.54, 1.807) is 42.5 Å². The Morgan fingerprint density at radius 1 is 1.22 bits per heavy atom. The quantitative estimate of drug-likeness (QED) is 0.685. The fraction of sp³-hybridized carbons (Fsp3) is 0.111.